The molecule has 0 aliphatic heterocycles. The van der Waals surface area contributed by atoms with Crippen molar-refractivity contribution in [1.29, 1.82) is 0 Å². The molecule has 0 spiro atoms. The molecule has 2 aromatic carbocycles. The van der Waals surface area contributed by atoms with Crippen molar-refractivity contribution in [3.63, 3.8) is 0 Å². The first-order valence-electron chi connectivity index (χ1n) is 11.8. The molecular formula is C26H32N4O4S. The third-order valence-corrected chi connectivity index (χ3v) is 6.19. The second-order valence-electron chi connectivity index (χ2n) is 7.90. The van der Waals surface area contributed by atoms with Gasteiger partial charge in [0, 0.05) is 12.2 Å². The minimum absolute atomic E-state index is 0.149. The lowest BCUT2D eigenvalue weighted by Gasteiger charge is -2.16. The van der Waals surface area contributed by atoms with E-state index in [0.717, 1.165) is 18.6 Å². The van der Waals surface area contributed by atoms with E-state index in [-0.39, 0.29) is 17.8 Å². The van der Waals surface area contributed by atoms with Crippen LogP contribution in [0.3, 0.4) is 0 Å². The number of carbonyl (C=O) groups excluding carboxylic acids is 2. The zero-order valence-electron chi connectivity index (χ0n) is 20.6. The molecule has 186 valence electrons. The summed E-state index contributed by atoms with van der Waals surface area (Å²) in [4.78, 5) is 24.6. The van der Waals surface area contributed by atoms with Crippen molar-refractivity contribution >= 4 is 29.3 Å². The lowest BCUT2D eigenvalue weighted by molar-refractivity contribution is -0.113. The Morgan fingerprint density at radius 1 is 1.09 bits per heavy atom. The van der Waals surface area contributed by atoms with Crippen LogP contribution < -0.4 is 10.1 Å². The van der Waals surface area contributed by atoms with Gasteiger partial charge in [0.2, 0.25) is 5.91 Å². The van der Waals surface area contributed by atoms with Crippen molar-refractivity contribution in [2.24, 2.45) is 0 Å². The Labute approximate surface area is 210 Å². The number of hydrogen-bond donors (Lipinski definition) is 1. The molecule has 0 saturated carbocycles. The van der Waals surface area contributed by atoms with Gasteiger partial charge in [0.05, 0.1) is 17.9 Å². The Bertz CT molecular complexity index is 1130. The highest BCUT2D eigenvalue weighted by Gasteiger charge is 2.19. The lowest BCUT2D eigenvalue weighted by Crippen LogP contribution is -2.16. The number of ether oxygens (including phenoxy) is 2. The second-order valence-corrected chi connectivity index (χ2v) is 8.84. The van der Waals surface area contributed by atoms with Gasteiger partial charge in [0.25, 0.3) is 0 Å². The van der Waals surface area contributed by atoms with Gasteiger partial charge >= 0.3 is 5.97 Å². The van der Waals surface area contributed by atoms with Gasteiger partial charge in [0.1, 0.15) is 5.75 Å². The summed E-state index contributed by atoms with van der Waals surface area (Å²) in [6.07, 6.45) is 1.43. The van der Waals surface area contributed by atoms with Crippen LogP contribution in [0.2, 0.25) is 0 Å². The average molecular weight is 497 g/mol. The second kappa shape index (κ2) is 12.9. The maximum absolute atomic E-state index is 12.5. The fourth-order valence-corrected chi connectivity index (χ4v) is 4.20. The van der Waals surface area contributed by atoms with Crippen LogP contribution in [0.1, 0.15) is 62.0 Å². The minimum atomic E-state index is -0.404. The molecule has 0 aliphatic carbocycles. The summed E-state index contributed by atoms with van der Waals surface area (Å²) in [6, 6.07) is 14.7. The van der Waals surface area contributed by atoms with Gasteiger partial charge in [-0.05, 0) is 62.6 Å². The molecule has 0 unspecified atom stereocenters. The molecular weight excluding hydrogens is 464 g/mol. The van der Waals surface area contributed by atoms with E-state index in [1.54, 1.807) is 24.3 Å². The monoisotopic (exact) mass is 496 g/mol. The van der Waals surface area contributed by atoms with Crippen molar-refractivity contribution in [2.75, 3.05) is 17.7 Å². The van der Waals surface area contributed by atoms with Crippen LogP contribution in [0.15, 0.2) is 53.7 Å². The first-order chi connectivity index (χ1) is 16.9. The summed E-state index contributed by atoms with van der Waals surface area (Å²) in [6.45, 7) is 9.00. The number of benzene rings is 2. The molecule has 8 nitrogen and oxygen atoms in total. The molecule has 9 heteroatoms. The van der Waals surface area contributed by atoms with Crippen molar-refractivity contribution in [3.05, 3.63) is 65.5 Å². The number of hydrogen-bond acceptors (Lipinski definition) is 7. The first-order valence-corrected chi connectivity index (χ1v) is 12.8. The van der Waals surface area contributed by atoms with E-state index in [1.165, 1.54) is 17.3 Å². The maximum atomic E-state index is 12.5. The van der Waals surface area contributed by atoms with Gasteiger partial charge in [-0.25, -0.2) is 4.79 Å². The Balaban J connectivity index is 1.59. The van der Waals surface area contributed by atoms with E-state index in [9.17, 15) is 9.59 Å². The van der Waals surface area contributed by atoms with E-state index in [4.69, 9.17) is 9.47 Å². The molecule has 1 aromatic heterocycles. The molecule has 0 fully saturated rings. The molecule has 0 saturated heterocycles. The highest BCUT2D eigenvalue weighted by atomic mass is 32.2. The Hall–Kier alpha value is -3.33. The van der Waals surface area contributed by atoms with Crippen LogP contribution in [-0.2, 0) is 22.5 Å². The normalized spacial score (nSPS) is 11.7. The zero-order chi connectivity index (χ0) is 25.2. The molecule has 1 atom stereocenters. The molecule has 0 aliphatic rings. The number of rotatable bonds is 12. The highest BCUT2D eigenvalue weighted by Crippen LogP contribution is 2.25. The topological polar surface area (TPSA) is 95.3 Å². The summed E-state index contributed by atoms with van der Waals surface area (Å²) < 4.78 is 13.2. The fraction of sp³-hybridized carbons (Fsp3) is 0.385. The van der Waals surface area contributed by atoms with Crippen LogP contribution in [0.5, 0.6) is 5.75 Å². The van der Waals surface area contributed by atoms with Crippen LogP contribution >= 0.6 is 11.8 Å². The van der Waals surface area contributed by atoms with E-state index in [2.05, 4.69) is 34.6 Å². The molecule has 0 bridgehead atoms. The van der Waals surface area contributed by atoms with Gasteiger partial charge in [-0.2, -0.15) is 0 Å². The number of esters is 1. The van der Waals surface area contributed by atoms with Crippen LogP contribution in [0.4, 0.5) is 5.69 Å². The number of aryl methyl sites for hydroxylation is 1. The fourth-order valence-electron chi connectivity index (χ4n) is 3.39. The number of nitrogens with one attached hydrogen (secondary N) is 1. The van der Waals surface area contributed by atoms with Gasteiger partial charge in [-0.3, -0.25) is 4.79 Å². The van der Waals surface area contributed by atoms with Crippen LogP contribution in [0.25, 0.3) is 0 Å². The molecule has 1 N–H and O–H groups in total. The van der Waals surface area contributed by atoms with Crippen LogP contribution in [-0.4, -0.2) is 39.0 Å². The number of nitrogens with zero attached hydrogens (tertiary/aromatic N) is 3. The van der Waals surface area contributed by atoms with Crippen molar-refractivity contribution in [1.82, 2.24) is 14.8 Å². The minimum Gasteiger partial charge on any atom is -0.483 e. The molecule has 35 heavy (non-hydrogen) atoms. The summed E-state index contributed by atoms with van der Waals surface area (Å²) in [5.74, 6) is 1.01. The van der Waals surface area contributed by atoms with E-state index in [1.807, 2.05) is 37.5 Å². The van der Waals surface area contributed by atoms with Gasteiger partial charge in [-0.1, -0.05) is 43.8 Å². The Morgan fingerprint density at radius 2 is 1.86 bits per heavy atom. The summed E-state index contributed by atoms with van der Waals surface area (Å²) in [7, 11) is 0. The van der Waals surface area contributed by atoms with E-state index < -0.39 is 5.97 Å². The number of thioether (sulfide) groups is 1. The number of aromatic nitrogens is 3. The summed E-state index contributed by atoms with van der Waals surface area (Å²) in [5.41, 5.74) is 2.19. The molecule has 3 rings (SSSR count). The third-order valence-electron chi connectivity index (χ3n) is 5.22. The zero-order valence-corrected chi connectivity index (χ0v) is 21.4. The smallest absolute Gasteiger partial charge is 0.338 e. The summed E-state index contributed by atoms with van der Waals surface area (Å²) >= 11 is 1.30. The molecule has 1 amide bonds. The standard InChI is InChI=1S/C26H32N4O4S/c1-5-15-33-25(32)20-9-8-10-21(16-20)27-23(31)17-35-26-29-28-24(30(26)7-3)18(4)34-22-13-11-19(6-2)12-14-22/h8-14,16,18H,5-7,15,17H2,1-4H3,(H,27,31)/t18-/m1/s1. The predicted octanol–water partition coefficient (Wildman–Crippen LogP) is 5.30. The molecule has 3 aromatic rings. The van der Waals surface area contributed by atoms with Crippen molar-refractivity contribution in [2.45, 2.75) is 58.3 Å². The highest BCUT2D eigenvalue weighted by molar-refractivity contribution is 7.99. The van der Waals surface area contributed by atoms with Crippen molar-refractivity contribution < 1.29 is 19.1 Å². The molecule has 1 heterocycles. The van der Waals surface area contributed by atoms with Gasteiger partial charge in [-0.15, -0.1) is 10.2 Å². The van der Waals surface area contributed by atoms with E-state index >= 15 is 0 Å². The lowest BCUT2D eigenvalue weighted by atomic mass is 10.2. The number of anilines is 1. The van der Waals surface area contributed by atoms with Gasteiger partial charge < -0.3 is 19.4 Å². The quantitative estimate of drug-likeness (QED) is 0.269. The number of amides is 1. The van der Waals surface area contributed by atoms with Gasteiger partial charge in [0.15, 0.2) is 17.1 Å². The predicted molar refractivity (Wildman–Crippen MR) is 137 cm³/mol. The third kappa shape index (κ3) is 7.32. The van der Waals surface area contributed by atoms with Crippen LogP contribution in [0, 0.1) is 0 Å². The average Bonchev–Trinajstić information content (AvgIpc) is 3.29. The van der Waals surface area contributed by atoms with Crippen molar-refractivity contribution in [3.8, 4) is 5.75 Å². The Morgan fingerprint density at radius 3 is 2.54 bits per heavy atom. The van der Waals surface area contributed by atoms with E-state index in [0.29, 0.717) is 35.4 Å². The maximum Gasteiger partial charge on any atom is 0.338 e. The summed E-state index contributed by atoms with van der Waals surface area (Å²) in [5, 5.41) is 12.1. The molecule has 0 radical (unpaired) electrons. The largest absolute Gasteiger partial charge is 0.483 e. The number of carbonyl (C=O) groups is 2. The first kappa shape index (κ1) is 26.3. The SMILES string of the molecule is CCCOC(=O)c1cccc(NC(=O)CSc2nnc([C@@H](C)Oc3ccc(CC)cc3)n2CC)c1. The Kier molecular flexibility index (Phi) is 9.72.